The molecule has 2 aliphatic rings. The number of benzene rings is 1. The molecular formula is C20H23BrF3N5O2. The number of ether oxygens (including phenoxy) is 1. The van der Waals surface area contributed by atoms with Gasteiger partial charge in [-0.2, -0.15) is 18.3 Å². The van der Waals surface area contributed by atoms with Crippen LogP contribution in [0.5, 0.6) is 0 Å². The molecule has 3 heterocycles. The minimum absolute atomic E-state index is 0.0626. The number of anilines is 1. The molecule has 2 N–H and O–H groups in total. The Labute approximate surface area is 186 Å². The van der Waals surface area contributed by atoms with E-state index in [9.17, 15) is 18.0 Å². The Kier molecular flexibility index (Phi) is 6.54. The lowest BCUT2D eigenvalue weighted by molar-refractivity contribution is -0.173. The zero-order valence-electron chi connectivity index (χ0n) is 16.7. The van der Waals surface area contributed by atoms with Crippen molar-refractivity contribution in [1.82, 2.24) is 20.0 Å². The fourth-order valence-corrected chi connectivity index (χ4v) is 4.43. The molecule has 0 bridgehead atoms. The van der Waals surface area contributed by atoms with Crippen molar-refractivity contribution < 1.29 is 22.7 Å². The average molecular weight is 502 g/mol. The molecule has 1 amide bonds. The van der Waals surface area contributed by atoms with Gasteiger partial charge in [-0.1, -0.05) is 30.3 Å². The molecule has 0 aliphatic carbocycles. The molecule has 31 heavy (non-hydrogen) atoms. The number of aromatic nitrogens is 2. The van der Waals surface area contributed by atoms with Gasteiger partial charge in [0, 0.05) is 32.6 Å². The second kappa shape index (κ2) is 9.17. The Bertz CT molecular complexity index is 916. The number of morpholine rings is 1. The molecular weight excluding hydrogens is 479 g/mol. The van der Waals surface area contributed by atoms with E-state index in [1.54, 1.807) is 24.3 Å². The molecule has 2 aliphatic heterocycles. The van der Waals surface area contributed by atoms with E-state index in [0.717, 1.165) is 23.3 Å². The molecule has 0 spiro atoms. The van der Waals surface area contributed by atoms with Crippen LogP contribution in [-0.2, 0) is 4.74 Å². The van der Waals surface area contributed by atoms with Gasteiger partial charge in [-0.25, -0.2) is 4.68 Å². The van der Waals surface area contributed by atoms with Crippen LogP contribution >= 0.6 is 15.9 Å². The van der Waals surface area contributed by atoms with E-state index in [0.29, 0.717) is 26.3 Å². The van der Waals surface area contributed by atoms with E-state index in [1.165, 1.54) is 0 Å². The van der Waals surface area contributed by atoms with Gasteiger partial charge in [0.25, 0.3) is 5.91 Å². The Morgan fingerprint density at radius 2 is 1.97 bits per heavy atom. The van der Waals surface area contributed by atoms with Gasteiger partial charge in [0.1, 0.15) is 5.82 Å². The van der Waals surface area contributed by atoms with E-state index in [-0.39, 0.29) is 22.4 Å². The van der Waals surface area contributed by atoms with Crippen LogP contribution in [0.2, 0.25) is 0 Å². The second-order valence-electron chi connectivity index (χ2n) is 7.57. The number of carbonyl (C=O) groups excluding carboxylic acids is 1. The van der Waals surface area contributed by atoms with Gasteiger partial charge < -0.3 is 15.4 Å². The topological polar surface area (TPSA) is 71.4 Å². The summed E-state index contributed by atoms with van der Waals surface area (Å²) >= 11 is 3.30. The van der Waals surface area contributed by atoms with E-state index in [4.69, 9.17) is 4.74 Å². The largest absolute Gasteiger partial charge is 0.410 e. The third kappa shape index (κ3) is 4.88. The zero-order chi connectivity index (χ0) is 22.0. The molecule has 1 aromatic carbocycles. The van der Waals surface area contributed by atoms with Crippen LogP contribution in [0.15, 0.2) is 34.8 Å². The van der Waals surface area contributed by atoms with Crippen molar-refractivity contribution >= 4 is 27.7 Å². The maximum atomic E-state index is 13.8. The summed E-state index contributed by atoms with van der Waals surface area (Å²) < 4.78 is 47.9. The Morgan fingerprint density at radius 1 is 1.26 bits per heavy atom. The monoisotopic (exact) mass is 501 g/mol. The standard InChI is InChI=1S/C20H23BrF3N5O2/c21-16-17(19(30)25-6-7-28-8-10-31-11-9-28)27-29-15(20(22,23)24)12-14(26-18(16)29)13-4-2-1-3-5-13/h1-5,14-15,26H,6-12H2,(H,25,30)/t14-,15-/m1/s1. The predicted molar refractivity (Wildman–Crippen MR) is 112 cm³/mol. The molecule has 0 unspecified atom stereocenters. The van der Waals surface area contributed by atoms with Crippen molar-refractivity contribution in [1.29, 1.82) is 0 Å². The first kappa shape index (κ1) is 22.1. The predicted octanol–water partition coefficient (Wildman–Crippen LogP) is 3.37. The van der Waals surface area contributed by atoms with E-state index in [1.807, 2.05) is 6.07 Å². The maximum Gasteiger partial charge on any atom is 0.410 e. The lowest BCUT2D eigenvalue weighted by Crippen LogP contribution is -2.41. The van der Waals surface area contributed by atoms with Crippen molar-refractivity contribution in [3.63, 3.8) is 0 Å². The Hall–Kier alpha value is -2.11. The fourth-order valence-electron chi connectivity index (χ4n) is 3.87. The zero-order valence-corrected chi connectivity index (χ0v) is 18.2. The smallest absolute Gasteiger partial charge is 0.379 e. The summed E-state index contributed by atoms with van der Waals surface area (Å²) in [6, 6.07) is 6.56. The van der Waals surface area contributed by atoms with Gasteiger partial charge in [0.15, 0.2) is 11.7 Å². The van der Waals surface area contributed by atoms with Crippen LogP contribution in [0.25, 0.3) is 0 Å². The number of rotatable bonds is 5. The van der Waals surface area contributed by atoms with E-state index in [2.05, 4.69) is 36.6 Å². The highest BCUT2D eigenvalue weighted by Gasteiger charge is 2.47. The van der Waals surface area contributed by atoms with Gasteiger partial charge in [-0.3, -0.25) is 9.69 Å². The number of halogens is 4. The van der Waals surface area contributed by atoms with E-state index >= 15 is 0 Å². The van der Waals surface area contributed by atoms with Crippen LogP contribution in [0, 0.1) is 0 Å². The van der Waals surface area contributed by atoms with Crippen molar-refractivity contribution in [3.8, 4) is 0 Å². The number of amides is 1. The first-order valence-electron chi connectivity index (χ1n) is 10.1. The number of alkyl halides is 3. The third-order valence-electron chi connectivity index (χ3n) is 5.53. The number of carbonyl (C=O) groups is 1. The summed E-state index contributed by atoms with van der Waals surface area (Å²) in [5, 5.41) is 9.91. The number of fused-ring (bicyclic) bond motifs is 1. The molecule has 1 saturated heterocycles. The van der Waals surface area contributed by atoms with Gasteiger partial charge in [-0.05, 0) is 21.5 Å². The van der Waals surface area contributed by atoms with Gasteiger partial charge in [0.05, 0.1) is 23.7 Å². The molecule has 2 atom stereocenters. The average Bonchev–Trinajstić information content (AvgIpc) is 3.10. The highest BCUT2D eigenvalue weighted by atomic mass is 79.9. The van der Waals surface area contributed by atoms with Crippen LogP contribution in [0.3, 0.4) is 0 Å². The normalized spacial score (nSPS) is 21.9. The summed E-state index contributed by atoms with van der Waals surface area (Å²) in [4.78, 5) is 14.8. The quantitative estimate of drug-likeness (QED) is 0.657. The molecule has 11 heteroatoms. The highest BCUT2D eigenvalue weighted by Crippen LogP contribution is 2.46. The van der Waals surface area contributed by atoms with Crippen molar-refractivity contribution in [3.05, 3.63) is 46.1 Å². The van der Waals surface area contributed by atoms with Gasteiger partial charge in [-0.15, -0.1) is 0 Å². The van der Waals surface area contributed by atoms with Crippen molar-refractivity contribution in [2.24, 2.45) is 0 Å². The third-order valence-corrected chi connectivity index (χ3v) is 6.28. The molecule has 0 saturated carbocycles. The SMILES string of the molecule is O=C(NCCN1CCOCC1)c1nn2c(c1Br)N[C@@H](c1ccccc1)C[C@@H]2C(F)(F)F. The number of hydrogen-bond acceptors (Lipinski definition) is 5. The number of hydrogen-bond donors (Lipinski definition) is 2. The molecule has 168 valence electrons. The van der Waals surface area contributed by atoms with Crippen LogP contribution in [-0.4, -0.2) is 66.2 Å². The summed E-state index contributed by atoms with van der Waals surface area (Å²) in [5.74, 6) is -0.359. The van der Waals surface area contributed by atoms with Gasteiger partial charge >= 0.3 is 6.18 Å². The summed E-state index contributed by atoms with van der Waals surface area (Å²) in [7, 11) is 0. The number of nitrogens with one attached hydrogen (secondary N) is 2. The Morgan fingerprint density at radius 3 is 2.65 bits per heavy atom. The van der Waals surface area contributed by atoms with Crippen LogP contribution in [0.1, 0.15) is 34.6 Å². The second-order valence-corrected chi connectivity index (χ2v) is 8.36. The maximum absolute atomic E-state index is 13.8. The summed E-state index contributed by atoms with van der Waals surface area (Å²) in [6.07, 6.45) is -4.72. The van der Waals surface area contributed by atoms with Crippen molar-refractivity contribution in [2.45, 2.75) is 24.7 Å². The number of nitrogens with zero attached hydrogens (tertiary/aromatic N) is 3. The Balaban J connectivity index is 1.53. The fraction of sp³-hybridized carbons (Fsp3) is 0.500. The summed E-state index contributed by atoms with van der Waals surface area (Å²) in [6.45, 7) is 3.89. The van der Waals surface area contributed by atoms with E-state index < -0.39 is 24.2 Å². The minimum Gasteiger partial charge on any atom is -0.379 e. The lowest BCUT2D eigenvalue weighted by atomic mass is 9.97. The lowest BCUT2D eigenvalue weighted by Gasteiger charge is -2.33. The van der Waals surface area contributed by atoms with Crippen molar-refractivity contribution in [2.75, 3.05) is 44.7 Å². The minimum atomic E-state index is -4.50. The first-order chi connectivity index (χ1) is 14.8. The van der Waals surface area contributed by atoms with Crippen LogP contribution in [0.4, 0.5) is 19.0 Å². The van der Waals surface area contributed by atoms with Gasteiger partial charge in [0.2, 0.25) is 0 Å². The molecule has 4 rings (SSSR count). The molecule has 0 radical (unpaired) electrons. The highest BCUT2D eigenvalue weighted by molar-refractivity contribution is 9.10. The summed E-state index contributed by atoms with van der Waals surface area (Å²) in [5.41, 5.74) is 0.681. The molecule has 1 fully saturated rings. The first-order valence-corrected chi connectivity index (χ1v) is 10.9. The molecule has 2 aromatic rings. The molecule has 7 nitrogen and oxygen atoms in total. The van der Waals surface area contributed by atoms with Crippen LogP contribution < -0.4 is 10.6 Å². The molecule has 1 aromatic heterocycles.